The monoisotopic (exact) mass is 429 g/mol. The number of nitrogens with one attached hydrogen (secondary N) is 2. The number of hydrogen-bond donors (Lipinski definition) is 3. The first kappa shape index (κ1) is 21.5. The maximum absolute atomic E-state index is 12.7. The van der Waals surface area contributed by atoms with Gasteiger partial charge in [0.05, 0.1) is 16.1 Å². The Kier molecular flexibility index (Phi) is 7.11. The smallest absolute Gasteiger partial charge is 0.261 e. The van der Waals surface area contributed by atoms with E-state index in [9.17, 15) is 13.2 Å². The highest BCUT2D eigenvalue weighted by molar-refractivity contribution is 7.92. The molecule has 27 heavy (non-hydrogen) atoms. The standard InChI is InChI=1S/C18H20ClN3O3S.ClH/c19-13-8-9-16(22-26(24,25)14-4-2-1-3-5-14)15(10-13)18(23)21-17(11-20)12-6-7-12;/h1-5,8-10,12,17,22H,6-7,11,20H2,(H,21,23);1H. The van der Waals surface area contributed by atoms with E-state index in [1.54, 1.807) is 18.2 Å². The number of rotatable bonds is 7. The molecule has 146 valence electrons. The molecule has 1 saturated carbocycles. The van der Waals surface area contributed by atoms with E-state index in [1.165, 1.54) is 30.3 Å². The quantitative estimate of drug-likeness (QED) is 0.629. The van der Waals surface area contributed by atoms with Crippen molar-refractivity contribution in [3.05, 3.63) is 59.1 Å². The van der Waals surface area contributed by atoms with Crippen molar-refractivity contribution < 1.29 is 13.2 Å². The lowest BCUT2D eigenvalue weighted by molar-refractivity contribution is 0.0934. The van der Waals surface area contributed by atoms with Crippen molar-refractivity contribution in [1.82, 2.24) is 5.32 Å². The van der Waals surface area contributed by atoms with Crippen molar-refractivity contribution in [2.75, 3.05) is 11.3 Å². The van der Waals surface area contributed by atoms with Gasteiger partial charge in [-0.2, -0.15) is 0 Å². The van der Waals surface area contributed by atoms with Gasteiger partial charge in [0.2, 0.25) is 0 Å². The molecule has 0 saturated heterocycles. The van der Waals surface area contributed by atoms with Crippen molar-refractivity contribution in [2.45, 2.75) is 23.8 Å². The van der Waals surface area contributed by atoms with Crippen LogP contribution in [0.25, 0.3) is 0 Å². The second-order valence-corrected chi connectivity index (χ2v) is 8.38. The zero-order valence-corrected chi connectivity index (χ0v) is 16.8. The summed E-state index contributed by atoms with van der Waals surface area (Å²) < 4.78 is 27.6. The lowest BCUT2D eigenvalue weighted by Gasteiger charge is -2.18. The first-order valence-corrected chi connectivity index (χ1v) is 10.1. The number of halogens is 2. The summed E-state index contributed by atoms with van der Waals surface area (Å²) >= 11 is 6.01. The fourth-order valence-corrected chi connectivity index (χ4v) is 3.98. The predicted molar refractivity (Wildman–Crippen MR) is 109 cm³/mol. The molecule has 9 heteroatoms. The molecular formula is C18H21Cl2N3O3S. The minimum Gasteiger partial charge on any atom is -0.348 e. The highest BCUT2D eigenvalue weighted by atomic mass is 35.5. The number of hydrogen-bond acceptors (Lipinski definition) is 4. The highest BCUT2D eigenvalue weighted by Gasteiger charge is 2.32. The van der Waals surface area contributed by atoms with Crippen LogP contribution in [0.4, 0.5) is 5.69 Å². The fourth-order valence-electron chi connectivity index (χ4n) is 2.71. The predicted octanol–water partition coefficient (Wildman–Crippen LogP) is 3.03. The van der Waals surface area contributed by atoms with E-state index in [4.69, 9.17) is 17.3 Å². The molecule has 4 N–H and O–H groups in total. The minimum absolute atomic E-state index is 0. The molecule has 3 rings (SSSR count). The second kappa shape index (κ2) is 8.93. The van der Waals surface area contributed by atoms with Crippen LogP contribution in [0.2, 0.25) is 5.02 Å². The second-order valence-electron chi connectivity index (χ2n) is 6.26. The zero-order chi connectivity index (χ0) is 18.7. The van der Waals surface area contributed by atoms with Crippen molar-refractivity contribution in [3.63, 3.8) is 0 Å². The van der Waals surface area contributed by atoms with Gasteiger partial charge in [0.25, 0.3) is 15.9 Å². The summed E-state index contributed by atoms with van der Waals surface area (Å²) in [5, 5.41) is 3.22. The maximum atomic E-state index is 12.7. The molecule has 0 heterocycles. The molecule has 0 aromatic heterocycles. The summed E-state index contributed by atoms with van der Waals surface area (Å²) in [4.78, 5) is 12.8. The Bertz CT molecular complexity index is 903. The first-order valence-electron chi connectivity index (χ1n) is 8.29. The van der Waals surface area contributed by atoms with Crippen LogP contribution in [0.1, 0.15) is 23.2 Å². The van der Waals surface area contributed by atoms with E-state index in [-0.39, 0.29) is 34.6 Å². The van der Waals surface area contributed by atoms with Gasteiger partial charge < -0.3 is 11.1 Å². The Balaban J connectivity index is 0.00000261. The summed E-state index contributed by atoms with van der Waals surface area (Å²) in [5.74, 6) is -0.0202. The number of amides is 1. The van der Waals surface area contributed by atoms with E-state index in [0.29, 0.717) is 17.5 Å². The fraction of sp³-hybridized carbons (Fsp3) is 0.278. The van der Waals surface area contributed by atoms with Gasteiger partial charge in [-0.3, -0.25) is 9.52 Å². The topological polar surface area (TPSA) is 101 Å². The molecule has 0 bridgehead atoms. The van der Waals surface area contributed by atoms with Crippen LogP contribution in [-0.4, -0.2) is 26.9 Å². The Morgan fingerprint density at radius 1 is 1.19 bits per heavy atom. The van der Waals surface area contributed by atoms with Crippen LogP contribution < -0.4 is 15.8 Å². The number of carbonyl (C=O) groups excluding carboxylic acids is 1. The van der Waals surface area contributed by atoms with Gasteiger partial charge in [-0.1, -0.05) is 29.8 Å². The summed E-state index contributed by atoms with van der Waals surface area (Å²) in [7, 11) is -3.82. The SMILES string of the molecule is Cl.NCC(NC(=O)c1cc(Cl)ccc1NS(=O)(=O)c1ccccc1)C1CC1. The molecule has 1 fully saturated rings. The third-order valence-electron chi connectivity index (χ3n) is 4.29. The first-order chi connectivity index (χ1) is 12.4. The average molecular weight is 430 g/mol. The number of carbonyl (C=O) groups is 1. The van der Waals surface area contributed by atoms with Crippen LogP contribution in [0.3, 0.4) is 0 Å². The number of anilines is 1. The molecule has 0 spiro atoms. The molecule has 6 nitrogen and oxygen atoms in total. The van der Waals surface area contributed by atoms with Gasteiger partial charge >= 0.3 is 0 Å². The zero-order valence-electron chi connectivity index (χ0n) is 14.4. The van der Waals surface area contributed by atoms with Gasteiger partial charge in [0, 0.05) is 17.6 Å². The van der Waals surface area contributed by atoms with Crippen molar-refractivity contribution in [2.24, 2.45) is 11.7 Å². The van der Waals surface area contributed by atoms with Crippen LogP contribution in [0.5, 0.6) is 0 Å². The van der Waals surface area contributed by atoms with E-state index >= 15 is 0 Å². The number of nitrogens with two attached hydrogens (primary N) is 1. The third-order valence-corrected chi connectivity index (χ3v) is 5.90. The van der Waals surface area contributed by atoms with Gasteiger partial charge in [-0.15, -0.1) is 12.4 Å². The maximum Gasteiger partial charge on any atom is 0.261 e. The van der Waals surface area contributed by atoms with E-state index in [1.807, 2.05) is 0 Å². The van der Waals surface area contributed by atoms with Crippen LogP contribution in [-0.2, 0) is 10.0 Å². The van der Waals surface area contributed by atoms with Crippen molar-refractivity contribution in [3.8, 4) is 0 Å². The van der Waals surface area contributed by atoms with Crippen LogP contribution in [0.15, 0.2) is 53.4 Å². The Labute approximate surface area is 169 Å². The molecule has 1 amide bonds. The molecule has 0 aliphatic heterocycles. The van der Waals surface area contributed by atoms with E-state index < -0.39 is 15.9 Å². The summed E-state index contributed by atoms with van der Waals surface area (Å²) in [5.41, 5.74) is 6.07. The van der Waals surface area contributed by atoms with Gasteiger partial charge in [0.1, 0.15) is 0 Å². The van der Waals surface area contributed by atoms with E-state index in [0.717, 1.165) is 12.8 Å². The van der Waals surface area contributed by atoms with Crippen molar-refractivity contribution >= 4 is 45.6 Å². The van der Waals surface area contributed by atoms with Gasteiger partial charge in [-0.25, -0.2) is 8.42 Å². The molecule has 1 aliphatic carbocycles. The number of benzene rings is 2. The Morgan fingerprint density at radius 2 is 1.85 bits per heavy atom. The highest BCUT2D eigenvalue weighted by Crippen LogP contribution is 2.32. The Morgan fingerprint density at radius 3 is 2.44 bits per heavy atom. The molecule has 0 radical (unpaired) electrons. The molecule has 1 aliphatic rings. The molecule has 1 atom stereocenters. The Hall–Kier alpha value is -1.80. The lowest BCUT2D eigenvalue weighted by atomic mass is 10.1. The van der Waals surface area contributed by atoms with Crippen LogP contribution in [0, 0.1) is 5.92 Å². The summed E-state index contributed by atoms with van der Waals surface area (Å²) in [6, 6.07) is 12.3. The van der Waals surface area contributed by atoms with Gasteiger partial charge in [0.15, 0.2) is 0 Å². The molecule has 2 aromatic carbocycles. The molecular weight excluding hydrogens is 409 g/mol. The normalized spacial score (nSPS) is 14.7. The van der Waals surface area contributed by atoms with Gasteiger partial charge in [-0.05, 0) is 49.1 Å². The van der Waals surface area contributed by atoms with Crippen molar-refractivity contribution in [1.29, 1.82) is 0 Å². The number of sulfonamides is 1. The summed E-state index contributed by atoms with van der Waals surface area (Å²) in [6.07, 6.45) is 2.07. The third kappa shape index (κ3) is 5.35. The summed E-state index contributed by atoms with van der Waals surface area (Å²) in [6.45, 7) is 0.335. The minimum atomic E-state index is -3.82. The molecule has 1 unspecified atom stereocenters. The lowest BCUT2D eigenvalue weighted by Crippen LogP contribution is -2.42. The molecule has 2 aromatic rings. The van der Waals surface area contributed by atoms with E-state index in [2.05, 4.69) is 10.0 Å². The van der Waals surface area contributed by atoms with Crippen LogP contribution >= 0.6 is 24.0 Å². The largest absolute Gasteiger partial charge is 0.348 e. The average Bonchev–Trinajstić information content (AvgIpc) is 3.46.